The number of aromatic nitrogens is 2. The Balaban J connectivity index is 1.54. The first-order valence-corrected chi connectivity index (χ1v) is 10.7. The van der Waals surface area contributed by atoms with Gasteiger partial charge >= 0.3 is 0 Å². The van der Waals surface area contributed by atoms with Crippen LogP contribution in [0.4, 0.5) is 4.39 Å². The molecule has 6 nitrogen and oxygen atoms in total. The number of rotatable bonds is 3. The number of fused-ring (bicyclic) bond motifs is 2. The van der Waals surface area contributed by atoms with Gasteiger partial charge in [-0.15, -0.1) is 11.3 Å². The second kappa shape index (κ2) is 7.31. The highest BCUT2D eigenvalue weighted by atomic mass is 32.1. The van der Waals surface area contributed by atoms with Crippen molar-refractivity contribution in [3.63, 3.8) is 0 Å². The van der Waals surface area contributed by atoms with Gasteiger partial charge in [0.25, 0.3) is 5.91 Å². The lowest BCUT2D eigenvalue weighted by atomic mass is 9.93. The van der Waals surface area contributed by atoms with Crippen molar-refractivity contribution >= 4 is 33.4 Å². The summed E-state index contributed by atoms with van der Waals surface area (Å²) < 4.78 is 15.0. The monoisotopic (exact) mass is 434 g/mol. The molecule has 0 radical (unpaired) electrons. The normalized spacial score (nSPS) is 15.8. The number of hydrogen-bond acceptors (Lipinski definition) is 4. The number of halogens is 1. The number of nitrogens with two attached hydrogens (primary N) is 1. The first-order valence-electron chi connectivity index (χ1n) is 9.84. The number of hydrogen-bond donors (Lipinski definition) is 1. The van der Waals surface area contributed by atoms with E-state index in [9.17, 15) is 14.0 Å². The van der Waals surface area contributed by atoms with Crippen LogP contribution in [0.15, 0.2) is 54.6 Å². The fourth-order valence-electron chi connectivity index (χ4n) is 4.04. The second-order valence-corrected chi connectivity index (χ2v) is 8.66. The van der Waals surface area contributed by atoms with Crippen LogP contribution in [0.25, 0.3) is 15.9 Å². The predicted octanol–water partition coefficient (Wildman–Crippen LogP) is 3.59. The Morgan fingerprint density at radius 1 is 1.13 bits per heavy atom. The first-order chi connectivity index (χ1) is 14.9. The van der Waals surface area contributed by atoms with Crippen molar-refractivity contribution in [2.45, 2.75) is 25.9 Å². The fourth-order valence-corrected chi connectivity index (χ4v) is 5.18. The number of carbonyl (C=O) groups is 2. The van der Waals surface area contributed by atoms with E-state index in [2.05, 4.69) is 5.10 Å². The second-order valence-electron chi connectivity index (χ2n) is 7.63. The third kappa shape index (κ3) is 3.29. The Labute approximate surface area is 181 Å². The van der Waals surface area contributed by atoms with Gasteiger partial charge in [0.15, 0.2) is 0 Å². The Morgan fingerprint density at radius 3 is 2.55 bits per heavy atom. The van der Waals surface area contributed by atoms with E-state index < -0.39 is 11.9 Å². The molecule has 1 aliphatic rings. The van der Waals surface area contributed by atoms with Crippen LogP contribution in [0.1, 0.15) is 26.5 Å². The average Bonchev–Trinajstić information content (AvgIpc) is 3.33. The van der Waals surface area contributed by atoms with Crippen molar-refractivity contribution in [1.29, 1.82) is 0 Å². The van der Waals surface area contributed by atoms with Gasteiger partial charge in [0.2, 0.25) is 5.91 Å². The van der Waals surface area contributed by atoms with E-state index in [4.69, 9.17) is 5.73 Å². The number of amides is 2. The third-order valence-electron chi connectivity index (χ3n) is 5.66. The molecule has 0 unspecified atom stereocenters. The van der Waals surface area contributed by atoms with Crippen molar-refractivity contribution in [2.24, 2.45) is 5.73 Å². The largest absolute Gasteiger partial charge is 0.368 e. The Morgan fingerprint density at radius 2 is 1.84 bits per heavy atom. The minimum atomic E-state index is -0.692. The van der Waals surface area contributed by atoms with Crippen LogP contribution in [-0.4, -0.2) is 32.5 Å². The molecular weight excluding hydrogens is 415 g/mol. The standard InChI is InChI=1S/C23H19FN4O2S/c1-13-18-11-20(31-23(18)28(26-13)17-8-6-16(24)7-9-17)22(30)27-12-15-5-3-2-4-14(15)10-19(27)21(25)29/h2-9,11,19H,10,12H2,1H3,(H2,25,29)/t19-/m1/s1. The molecule has 1 atom stereocenters. The lowest BCUT2D eigenvalue weighted by molar-refractivity contribution is -0.122. The average molecular weight is 434 g/mol. The number of carbonyl (C=O) groups excluding carboxylic acids is 2. The summed E-state index contributed by atoms with van der Waals surface area (Å²) in [7, 11) is 0. The summed E-state index contributed by atoms with van der Waals surface area (Å²) in [5.74, 6) is -1.07. The SMILES string of the molecule is Cc1nn(-c2ccc(F)cc2)c2sc(C(=O)N3Cc4ccccc4C[C@@H]3C(N)=O)cc12. The number of nitrogens with zero attached hydrogens (tertiary/aromatic N) is 3. The number of aryl methyl sites for hydroxylation is 1. The van der Waals surface area contributed by atoms with Gasteiger partial charge in [0.05, 0.1) is 16.3 Å². The van der Waals surface area contributed by atoms with Gasteiger partial charge in [-0.25, -0.2) is 9.07 Å². The van der Waals surface area contributed by atoms with Gasteiger partial charge in [-0.3, -0.25) is 9.59 Å². The molecule has 0 fully saturated rings. The summed E-state index contributed by atoms with van der Waals surface area (Å²) in [6.45, 7) is 2.20. The Kier molecular flexibility index (Phi) is 4.59. The van der Waals surface area contributed by atoms with Gasteiger partial charge in [0, 0.05) is 18.4 Å². The van der Waals surface area contributed by atoms with Gasteiger partial charge in [-0.2, -0.15) is 5.10 Å². The molecule has 1 aliphatic heterocycles. The summed E-state index contributed by atoms with van der Waals surface area (Å²) in [5.41, 5.74) is 9.18. The summed E-state index contributed by atoms with van der Waals surface area (Å²) in [6.07, 6.45) is 0.407. The molecule has 2 amide bonds. The molecule has 5 rings (SSSR count). The maximum atomic E-state index is 13.4. The molecular formula is C23H19FN4O2S. The third-order valence-corrected chi connectivity index (χ3v) is 6.76. The topological polar surface area (TPSA) is 81.2 Å². The van der Waals surface area contributed by atoms with Gasteiger partial charge in [-0.05, 0) is 48.4 Å². The molecule has 0 aliphatic carbocycles. The molecule has 4 aromatic rings. The lowest BCUT2D eigenvalue weighted by Crippen LogP contribution is -2.51. The summed E-state index contributed by atoms with van der Waals surface area (Å²) >= 11 is 1.30. The first kappa shape index (κ1) is 19.4. The van der Waals surface area contributed by atoms with Gasteiger partial charge < -0.3 is 10.6 Å². The highest BCUT2D eigenvalue weighted by molar-refractivity contribution is 7.20. The van der Waals surface area contributed by atoms with E-state index in [-0.39, 0.29) is 11.7 Å². The zero-order chi connectivity index (χ0) is 21.7. The maximum absolute atomic E-state index is 13.4. The predicted molar refractivity (Wildman–Crippen MR) is 117 cm³/mol. The molecule has 156 valence electrons. The Bertz CT molecular complexity index is 1330. The van der Waals surface area contributed by atoms with Crippen LogP contribution in [0, 0.1) is 12.7 Å². The van der Waals surface area contributed by atoms with Crippen molar-refractivity contribution in [2.75, 3.05) is 0 Å². The van der Waals surface area contributed by atoms with Gasteiger partial charge in [-0.1, -0.05) is 24.3 Å². The minimum Gasteiger partial charge on any atom is -0.368 e. The lowest BCUT2D eigenvalue weighted by Gasteiger charge is -2.34. The number of thiophene rings is 1. The van der Waals surface area contributed by atoms with Crippen LogP contribution in [0.2, 0.25) is 0 Å². The zero-order valence-corrected chi connectivity index (χ0v) is 17.5. The highest BCUT2D eigenvalue weighted by Crippen LogP contribution is 2.33. The summed E-state index contributed by atoms with van der Waals surface area (Å²) in [6, 6.07) is 14.9. The van der Waals surface area contributed by atoms with E-state index in [0.717, 1.165) is 27.0 Å². The summed E-state index contributed by atoms with van der Waals surface area (Å²) in [5, 5.41) is 5.39. The molecule has 3 heterocycles. The van der Waals surface area contributed by atoms with E-state index in [1.165, 1.54) is 23.5 Å². The van der Waals surface area contributed by atoms with Crippen molar-refractivity contribution in [3.8, 4) is 5.69 Å². The van der Waals surface area contributed by atoms with Crippen LogP contribution in [0.5, 0.6) is 0 Å². The highest BCUT2D eigenvalue weighted by Gasteiger charge is 2.34. The van der Waals surface area contributed by atoms with Crippen molar-refractivity contribution in [3.05, 3.63) is 82.1 Å². The van der Waals surface area contributed by atoms with Crippen LogP contribution < -0.4 is 5.73 Å². The molecule has 8 heteroatoms. The molecule has 2 N–H and O–H groups in total. The van der Waals surface area contributed by atoms with Gasteiger partial charge in [0.1, 0.15) is 16.7 Å². The van der Waals surface area contributed by atoms with Crippen LogP contribution in [-0.2, 0) is 17.8 Å². The zero-order valence-electron chi connectivity index (χ0n) is 16.7. The van der Waals surface area contributed by atoms with E-state index >= 15 is 0 Å². The molecule has 0 spiro atoms. The van der Waals surface area contributed by atoms with Crippen molar-refractivity contribution < 1.29 is 14.0 Å². The van der Waals surface area contributed by atoms with E-state index in [1.54, 1.807) is 21.7 Å². The van der Waals surface area contributed by atoms with Crippen LogP contribution in [0.3, 0.4) is 0 Å². The van der Waals surface area contributed by atoms with E-state index in [1.807, 2.05) is 37.3 Å². The van der Waals surface area contributed by atoms with Crippen LogP contribution >= 0.6 is 11.3 Å². The van der Waals surface area contributed by atoms with E-state index in [0.29, 0.717) is 23.5 Å². The molecule has 31 heavy (non-hydrogen) atoms. The van der Waals surface area contributed by atoms with Crippen molar-refractivity contribution in [1.82, 2.24) is 14.7 Å². The minimum absolute atomic E-state index is 0.232. The molecule has 0 saturated heterocycles. The summed E-state index contributed by atoms with van der Waals surface area (Å²) in [4.78, 5) is 28.4. The number of primary amides is 1. The molecule has 0 saturated carbocycles. The molecule has 2 aromatic carbocycles. The quantitative estimate of drug-likeness (QED) is 0.535. The molecule has 0 bridgehead atoms. The Hall–Kier alpha value is -3.52. The maximum Gasteiger partial charge on any atom is 0.265 e. The molecule has 2 aromatic heterocycles. The smallest absolute Gasteiger partial charge is 0.265 e. The number of benzene rings is 2. The fraction of sp³-hybridized carbons (Fsp3) is 0.174.